The van der Waals surface area contributed by atoms with Crippen LogP contribution in [0.5, 0.6) is 5.75 Å². The Hall–Kier alpha value is -1.09. The molecule has 0 aliphatic heterocycles. The molecule has 0 fully saturated rings. The highest BCUT2D eigenvalue weighted by Crippen LogP contribution is 2.14. The number of carbonyl (C=O) groups excluding carboxylic acids is 1. The summed E-state index contributed by atoms with van der Waals surface area (Å²) in [7, 11) is 0. The quantitative estimate of drug-likeness (QED) is 0.448. The van der Waals surface area contributed by atoms with Crippen LogP contribution >= 0.6 is 15.9 Å². The van der Waals surface area contributed by atoms with Crippen molar-refractivity contribution in [2.24, 2.45) is 0 Å². The maximum Gasteiger partial charge on any atom is 0.228 e. The van der Waals surface area contributed by atoms with Gasteiger partial charge in [-0.2, -0.15) is 0 Å². The van der Waals surface area contributed by atoms with Crippen LogP contribution in [-0.2, 0) is 0 Å². The molecule has 1 aromatic rings. The number of carbonyl (C=O) groups is 1. The van der Waals surface area contributed by atoms with E-state index >= 15 is 0 Å². The van der Waals surface area contributed by atoms with Gasteiger partial charge >= 0.3 is 0 Å². The molecule has 0 aliphatic rings. The second-order valence-electron chi connectivity index (χ2n) is 3.08. The van der Waals surface area contributed by atoms with Crippen molar-refractivity contribution < 1.29 is 9.53 Å². The molecule has 0 spiro atoms. The topological polar surface area (TPSA) is 26.3 Å². The summed E-state index contributed by atoms with van der Waals surface area (Å²) in [5.74, 6) is 0.788. The summed E-state index contributed by atoms with van der Waals surface area (Å²) in [5.41, 5.74) is 0.633. The number of halogens is 1. The van der Waals surface area contributed by atoms with Crippen molar-refractivity contribution in [1.29, 1.82) is 0 Å². The molecule has 0 N–H and O–H groups in total. The minimum Gasteiger partial charge on any atom is -0.494 e. The van der Waals surface area contributed by atoms with Gasteiger partial charge in [0.15, 0.2) is 0 Å². The van der Waals surface area contributed by atoms with Gasteiger partial charge in [0.05, 0.1) is 6.61 Å². The normalized spacial score (nSPS) is 9.67. The number of hydrogen-bond donors (Lipinski definition) is 0. The second-order valence-corrected chi connectivity index (χ2v) is 3.80. The van der Waals surface area contributed by atoms with E-state index in [-0.39, 0.29) is 4.69 Å². The monoisotopic (exact) mass is 268 g/mol. The van der Waals surface area contributed by atoms with Gasteiger partial charge in [-0.1, -0.05) is 6.08 Å². The average molecular weight is 269 g/mol. The molecule has 0 heterocycles. The first-order chi connectivity index (χ1) is 7.24. The van der Waals surface area contributed by atoms with Crippen LogP contribution in [0.4, 0.5) is 0 Å². The second kappa shape index (κ2) is 6.40. The zero-order chi connectivity index (χ0) is 11.1. The first kappa shape index (κ1) is 12.0. The highest BCUT2D eigenvalue weighted by Gasteiger charge is 2.00. The molecule has 80 valence electrons. The Bertz CT molecular complexity index is 330. The Morgan fingerprint density at radius 1 is 1.40 bits per heavy atom. The first-order valence-corrected chi connectivity index (χ1v) is 5.57. The van der Waals surface area contributed by atoms with Crippen LogP contribution in [0, 0.1) is 0 Å². The molecule has 0 unspecified atom stereocenters. The smallest absolute Gasteiger partial charge is 0.228 e. The molecule has 1 aromatic carbocycles. The maximum absolute atomic E-state index is 10.9. The Morgan fingerprint density at radius 3 is 2.60 bits per heavy atom. The van der Waals surface area contributed by atoms with E-state index in [1.54, 1.807) is 24.3 Å². The Labute approximate surface area is 98.1 Å². The van der Waals surface area contributed by atoms with Gasteiger partial charge in [0, 0.05) is 5.56 Å². The number of rotatable bonds is 6. The highest BCUT2D eigenvalue weighted by atomic mass is 79.9. The minimum atomic E-state index is -0.110. The molecular weight excluding hydrogens is 256 g/mol. The summed E-state index contributed by atoms with van der Waals surface area (Å²) in [6.45, 7) is 4.31. The van der Waals surface area contributed by atoms with Gasteiger partial charge in [-0.3, -0.25) is 4.79 Å². The molecule has 0 amide bonds. The molecule has 15 heavy (non-hydrogen) atoms. The van der Waals surface area contributed by atoms with E-state index in [0.29, 0.717) is 12.2 Å². The standard InChI is InChI=1S/C12H13BrO2/c1-2-3-4-9-15-11-7-5-10(6-8-11)12(13)14/h2,5-8H,1,3-4,9H2. The van der Waals surface area contributed by atoms with Gasteiger partial charge in [-0.15, -0.1) is 6.58 Å². The molecule has 3 heteroatoms. The van der Waals surface area contributed by atoms with Crippen molar-refractivity contribution in [3.05, 3.63) is 42.5 Å². The summed E-state index contributed by atoms with van der Waals surface area (Å²) in [6, 6.07) is 7.06. The van der Waals surface area contributed by atoms with Gasteiger partial charge in [0.2, 0.25) is 4.69 Å². The third kappa shape index (κ3) is 4.30. The first-order valence-electron chi connectivity index (χ1n) is 4.77. The zero-order valence-corrected chi connectivity index (χ0v) is 10.00. The fourth-order valence-electron chi connectivity index (χ4n) is 1.10. The predicted octanol–water partition coefficient (Wildman–Crippen LogP) is 3.57. The Balaban J connectivity index is 2.42. The molecule has 0 saturated carbocycles. The number of allylic oxidation sites excluding steroid dienone is 1. The average Bonchev–Trinajstić information content (AvgIpc) is 2.25. The van der Waals surface area contributed by atoms with E-state index in [2.05, 4.69) is 22.5 Å². The number of unbranched alkanes of at least 4 members (excludes halogenated alkanes) is 1. The van der Waals surface area contributed by atoms with E-state index in [9.17, 15) is 4.79 Å². The van der Waals surface area contributed by atoms with Gasteiger partial charge in [-0.05, 0) is 53.0 Å². The van der Waals surface area contributed by atoms with Gasteiger partial charge < -0.3 is 4.74 Å². The molecule has 0 atom stereocenters. The van der Waals surface area contributed by atoms with Crippen molar-refractivity contribution in [3.63, 3.8) is 0 Å². The van der Waals surface area contributed by atoms with Crippen molar-refractivity contribution >= 4 is 20.6 Å². The van der Waals surface area contributed by atoms with Gasteiger partial charge in [0.25, 0.3) is 0 Å². The third-order valence-corrected chi connectivity index (χ3v) is 2.36. The van der Waals surface area contributed by atoms with Gasteiger partial charge in [0.1, 0.15) is 5.75 Å². The maximum atomic E-state index is 10.9. The lowest BCUT2D eigenvalue weighted by Crippen LogP contribution is -1.97. The highest BCUT2D eigenvalue weighted by molar-refractivity contribution is 9.18. The van der Waals surface area contributed by atoms with Crippen LogP contribution < -0.4 is 4.74 Å². The molecule has 0 aliphatic carbocycles. The summed E-state index contributed by atoms with van der Waals surface area (Å²) in [6.07, 6.45) is 3.79. The third-order valence-electron chi connectivity index (χ3n) is 1.90. The summed E-state index contributed by atoms with van der Waals surface area (Å²) < 4.78 is 5.36. The summed E-state index contributed by atoms with van der Waals surface area (Å²) in [5, 5.41) is 0. The molecule has 0 bridgehead atoms. The Kier molecular flexibility index (Phi) is 5.12. The van der Waals surface area contributed by atoms with E-state index in [4.69, 9.17) is 4.74 Å². The lowest BCUT2D eigenvalue weighted by Gasteiger charge is -2.04. The molecule has 2 nitrogen and oxygen atoms in total. The molecular formula is C12H13BrO2. The van der Waals surface area contributed by atoms with Crippen LogP contribution in [0.2, 0.25) is 0 Å². The van der Waals surface area contributed by atoms with Crippen molar-refractivity contribution in [3.8, 4) is 5.75 Å². The fraction of sp³-hybridized carbons (Fsp3) is 0.250. The fourth-order valence-corrected chi connectivity index (χ4v) is 1.36. The lowest BCUT2D eigenvalue weighted by atomic mass is 10.2. The predicted molar refractivity (Wildman–Crippen MR) is 64.6 cm³/mol. The van der Waals surface area contributed by atoms with E-state index in [1.165, 1.54) is 0 Å². The SMILES string of the molecule is C=CCCCOc1ccc(C(=O)Br)cc1. The summed E-state index contributed by atoms with van der Waals surface area (Å²) in [4.78, 5) is 10.9. The minimum absolute atomic E-state index is 0.110. The van der Waals surface area contributed by atoms with Crippen LogP contribution in [0.15, 0.2) is 36.9 Å². The zero-order valence-electron chi connectivity index (χ0n) is 8.41. The number of hydrogen-bond acceptors (Lipinski definition) is 2. The van der Waals surface area contributed by atoms with E-state index in [0.717, 1.165) is 18.6 Å². The summed E-state index contributed by atoms with van der Waals surface area (Å²) >= 11 is 2.89. The van der Waals surface area contributed by atoms with Crippen molar-refractivity contribution in [2.75, 3.05) is 6.61 Å². The lowest BCUT2D eigenvalue weighted by molar-refractivity contribution is 0.109. The van der Waals surface area contributed by atoms with Crippen molar-refractivity contribution in [1.82, 2.24) is 0 Å². The molecule has 0 aromatic heterocycles. The molecule has 1 rings (SSSR count). The molecule has 0 radical (unpaired) electrons. The van der Waals surface area contributed by atoms with Crippen LogP contribution in [-0.4, -0.2) is 11.3 Å². The van der Waals surface area contributed by atoms with Crippen LogP contribution in [0.25, 0.3) is 0 Å². The number of ether oxygens (including phenoxy) is 1. The largest absolute Gasteiger partial charge is 0.494 e. The van der Waals surface area contributed by atoms with Crippen molar-refractivity contribution in [2.45, 2.75) is 12.8 Å². The van der Waals surface area contributed by atoms with Crippen LogP contribution in [0.3, 0.4) is 0 Å². The Morgan fingerprint density at radius 2 is 2.07 bits per heavy atom. The van der Waals surface area contributed by atoms with E-state index in [1.807, 2.05) is 6.08 Å². The number of benzene rings is 1. The van der Waals surface area contributed by atoms with E-state index < -0.39 is 0 Å². The van der Waals surface area contributed by atoms with Crippen LogP contribution in [0.1, 0.15) is 23.2 Å². The van der Waals surface area contributed by atoms with Gasteiger partial charge in [-0.25, -0.2) is 0 Å². The molecule has 0 saturated heterocycles.